The lowest BCUT2D eigenvalue weighted by atomic mass is 9.98. The van der Waals surface area contributed by atoms with Crippen LogP contribution >= 0.6 is 0 Å². The van der Waals surface area contributed by atoms with Gasteiger partial charge in [-0.25, -0.2) is 0 Å². The zero-order valence-corrected chi connectivity index (χ0v) is 18.2. The number of furan rings is 1. The molecule has 0 saturated carbocycles. The number of rotatable bonds is 4. The van der Waals surface area contributed by atoms with E-state index in [4.69, 9.17) is 4.42 Å². The highest BCUT2D eigenvalue weighted by molar-refractivity contribution is 5.94. The molecule has 1 saturated heterocycles. The third-order valence-electron chi connectivity index (χ3n) is 6.03. The van der Waals surface area contributed by atoms with Crippen LogP contribution in [0.15, 0.2) is 71.1 Å². The fourth-order valence-corrected chi connectivity index (χ4v) is 4.57. The molecule has 2 aliphatic rings. The van der Waals surface area contributed by atoms with Crippen molar-refractivity contribution in [3.8, 4) is 6.07 Å². The third kappa shape index (κ3) is 4.01. The number of benzene rings is 1. The van der Waals surface area contributed by atoms with Crippen LogP contribution in [-0.4, -0.2) is 58.5 Å². The number of carbonyl (C=O) groups is 1. The fraction of sp³-hybridized carbons (Fsp3) is 0.360. The molecule has 2 aromatic rings. The quantitative estimate of drug-likeness (QED) is 0.755. The van der Waals surface area contributed by atoms with Crippen LogP contribution in [-0.2, 0) is 0 Å². The minimum absolute atomic E-state index is 0.00817. The van der Waals surface area contributed by atoms with E-state index < -0.39 is 0 Å². The van der Waals surface area contributed by atoms with Gasteiger partial charge in [-0.15, -0.1) is 0 Å². The molecule has 3 heterocycles. The van der Waals surface area contributed by atoms with Crippen LogP contribution in [0.25, 0.3) is 5.70 Å². The Morgan fingerprint density at radius 3 is 2.55 bits per heavy atom. The van der Waals surface area contributed by atoms with Gasteiger partial charge in [-0.05, 0) is 44.6 Å². The Morgan fingerprint density at radius 1 is 1.16 bits per heavy atom. The second kappa shape index (κ2) is 8.83. The van der Waals surface area contributed by atoms with Crippen molar-refractivity contribution in [1.29, 1.82) is 5.26 Å². The molecule has 1 aromatic carbocycles. The summed E-state index contributed by atoms with van der Waals surface area (Å²) in [5.74, 6) is -0.00817. The van der Waals surface area contributed by atoms with Gasteiger partial charge in [-0.3, -0.25) is 9.69 Å². The lowest BCUT2D eigenvalue weighted by molar-refractivity contribution is 0.0164. The summed E-state index contributed by atoms with van der Waals surface area (Å²) in [6.45, 7) is 8.38. The lowest BCUT2D eigenvalue weighted by Gasteiger charge is -2.49. The van der Waals surface area contributed by atoms with Crippen molar-refractivity contribution in [3.63, 3.8) is 0 Å². The summed E-state index contributed by atoms with van der Waals surface area (Å²) >= 11 is 0. The van der Waals surface area contributed by atoms with E-state index in [-0.39, 0.29) is 24.2 Å². The van der Waals surface area contributed by atoms with E-state index in [0.29, 0.717) is 25.2 Å². The maximum Gasteiger partial charge on any atom is 0.257 e. The predicted octanol–water partition coefficient (Wildman–Crippen LogP) is 3.97. The minimum atomic E-state index is -0.154. The molecular formula is C25H28N4O2. The van der Waals surface area contributed by atoms with Gasteiger partial charge in [0.25, 0.3) is 5.91 Å². The first-order valence-electron chi connectivity index (χ1n) is 10.7. The van der Waals surface area contributed by atoms with Gasteiger partial charge in [0.1, 0.15) is 12.4 Å². The second-order valence-corrected chi connectivity index (χ2v) is 8.38. The van der Waals surface area contributed by atoms with Crippen molar-refractivity contribution < 1.29 is 9.21 Å². The van der Waals surface area contributed by atoms with Crippen LogP contribution < -0.4 is 0 Å². The third-order valence-corrected chi connectivity index (χ3v) is 6.03. The van der Waals surface area contributed by atoms with Crippen molar-refractivity contribution >= 4 is 11.6 Å². The van der Waals surface area contributed by atoms with Crippen LogP contribution in [0.1, 0.15) is 36.7 Å². The molecule has 0 spiro atoms. The molecule has 1 aromatic heterocycles. The van der Waals surface area contributed by atoms with Gasteiger partial charge in [0.05, 0.1) is 23.5 Å². The van der Waals surface area contributed by atoms with Crippen LogP contribution in [0.4, 0.5) is 0 Å². The SMILES string of the molecule is CC1CN(C2C(C#N)=CC=C(c3ccccc3)N2C(C)C)CCN1C(=O)c1ccoc1. The lowest BCUT2D eigenvalue weighted by Crippen LogP contribution is -2.61. The van der Waals surface area contributed by atoms with Crippen LogP contribution in [0, 0.1) is 11.3 Å². The first-order valence-corrected chi connectivity index (χ1v) is 10.7. The van der Waals surface area contributed by atoms with Gasteiger partial charge in [0.15, 0.2) is 0 Å². The molecule has 0 radical (unpaired) electrons. The maximum atomic E-state index is 12.8. The smallest absolute Gasteiger partial charge is 0.257 e. The monoisotopic (exact) mass is 416 g/mol. The Bertz CT molecular complexity index is 1020. The van der Waals surface area contributed by atoms with Crippen molar-refractivity contribution in [2.75, 3.05) is 19.6 Å². The molecule has 0 N–H and O–H groups in total. The maximum absolute atomic E-state index is 12.8. The van der Waals surface area contributed by atoms with Crippen LogP contribution in [0.5, 0.6) is 0 Å². The highest BCUT2D eigenvalue weighted by Gasteiger charge is 2.38. The molecule has 6 heteroatoms. The van der Waals surface area contributed by atoms with Gasteiger partial charge < -0.3 is 14.2 Å². The molecule has 160 valence electrons. The molecule has 1 fully saturated rings. The topological polar surface area (TPSA) is 63.7 Å². The van der Waals surface area contributed by atoms with Crippen molar-refractivity contribution in [2.45, 2.75) is 39.0 Å². The van der Waals surface area contributed by atoms with Gasteiger partial charge in [-0.1, -0.05) is 30.3 Å². The van der Waals surface area contributed by atoms with Crippen LogP contribution in [0.3, 0.4) is 0 Å². The highest BCUT2D eigenvalue weighted by Crippen LogP contribution is 2.34. The Hall–Kier alpha value is -3.30. The highest BCUT2D eigenvalue weighted by atomic mass is 16.3. The number of nitrogens with zero attached hydrogens (tertiary/aromatic N) is 4. The minimum Gasteiger partial charge on any atom is -0.472 e. The Morgan fingerprint density at radius 2 is 1.94 bits per heavy atom. The average molecular weight is 417 g/mol. The summed E-state index contributed by atoms with van der Waals surface area (Å²) in [5, 5.41) is 9.90. The number of hydrogen-bond acceptors (Lipinski definition) is 5. The Labute approximate surface area is 183 Å². The van der Waals surface area contributed by atoms with Gasteiger partial charge >= 0.3 is 0 Å². The molecule has 0 aliphatic carbocycles. The number of carbonyl (C=O) groups excluding carboxylic acids is 1. The molecule has 1 amide bonds. The van der Waals surface area contributed by atoms with Gasteiger partial charge in [0, 0.05) is 37.4 Å². The number of nitriles is 1. The van der Waals surface area contributed by atoms with Crippen molar-refractivity contribution in [2.24, 2.45) is 0 Å². The van der Waals surface area contributed by atoms with Gasteiger partial charge in [0.2, 0.25) is 0 Å². The second-order valence-electron chi connectivity index (χ2n) is 8.38. The number of allylic oxidation sites excluding steroid dienone is 2. The number of amides is 1. The fourth-order valence-electron chi connectivity index (χ4n) is 4.57. The number of piperazine rings is 1. The normalized spacial score (nSPS) is 22.2. The summed E-state index contributed by atoms with van der Waals surface area (Å²) in [6.07, 6.45) is 6.86. The van der Waals surface area contributed by atoms with E-state index in [0.717, 1.165) is 16.8 Å². The predicted molar refractivity (Wildman–Crippen MR) is 120 cm³/mol. The van der Waals surface area contributed by atoms with E-state index in [1.54, 1.807) is 6.07 Å². The van der Waals surface area contributed by atoms with E-state index in [2.05, 4.69) is 48.8 Å². The summed E-state index contributed by atoms with van der Waals surface area (Å²) in [6, 6.07) is 14.6. The molecule has 6 nitrogen and oxygen atoms in total. The zero-order chi connectivity index (χ0) is 22.0. The average Bonchev–Trinajstić information content (AvgIpc) is 3.33. The van der Waals surface area contributed by atoms with Crippen molar-refractivity contribution in [3.05, 3.63) is 77.8 Å². The molecule has 2 atom stereocenters. The summed E-state index contributed by atoms with van der Waals surface area (Å²) in [7, 11) is 0. The van der Waals surface area contributed by atoms with E-state index >= 15 is 0 Å². The van der Waals surface area contributed by atoms with E-state index in [9.17, 15) is 10.1 Å². The summed E-state index contributed by atoms with van der Waals surface area (Å²) in [5.41, 5.74) is 3.56. The first kappa shape index (κ1) is 21.0. The Balaban J connectivity index is 1.60. The first-order chi connectivity index (χ1) is 15.0. The van der Waals surface area contributed by atoms with Crippen molar-refractivity contribution in [1.82, 2.24) is 14.7 Å². The van der Waals surface area contributed by atoms with Gasteiger partial charge in [-0.2, -0.15) is 5.26 Å². The standard InChI is InChI=1S/C25H28N4O2/c1-18(2)29-23(20-7-5-4-6-8-20)10-9-21(15-26)24(29)27-12-13-28(19(3)16-27)25(30)22-11-14-31-17-22/h4-11,14,17-19,24H,12-13,16H2,1-3H3. The zero-order valence-electron chi connectivity index (χ0n) is 18.2. The van der Waals surface area contributed by atoms with Crippen LogP contribution in [0.2, 0.25) is 0 Å². The largest absolute Gasteiger partial charge is 0.472 e. The Kier molecular flexibility index (Phi) is 5.97. The summed E-state index contributed by atoms with van der Waals surface area (Å²) < 4.78 is 5.09. The molecule has 0 bridgehead atoms. The van der Waals surface area contributed by atoms with E-state index in [1.165, 1.54) is 12.5 Å². The molecular weight excluding hydrogens is 388 g/mol. The molecule has 2 aliphatic heterocycles. The van der Waals surface area contributed by atoms with E-state index in [1.807, 2.05) is 35.3 Å². The summed E-state index contributed by atoms with van der Waals surface area (Å²) in [4.78, 5) is 19.4. The molecule has 4 rings (SSSR count). The molecule has 31 heavy (non-hydrogen) atoms. The molecule has 2 unspecified atom stereocenters. The number of hydrogen-bond donors (Lipinski definition) is 0.